The number of thiazole rings is 1. The molecule has 0 aliphatic heterocycles. The molecule has 2 aromatic heterocycles. The average molecular weight is 372 g/mol. The first kappa shape index (κ1) is 18.9. The Morgan fingerprint density at radius 1 is 1.33 bits per heavy atom. The highest BCUT2D eigenvalue weighted by Crippen LogP contribution is 2.39. The summed E-state index contributed by atoms with van der Waals surface area (Å²) in [5.41, 5.74) is 5.52. The Labute approximate surface area is 144 Å². The molecule has 1 aliphatic rings. The lowest BCUT2D eigenvalue weighted by Crippen LogP contribution is -2.10. The number of carbonyl (C=O) groups excluding carboxylic acids is 1. The van der Waals surface area contributed by atoms with E-state index in [1.54, 1.807) is 0 Å². The highest BCUT2D eigenvalue weighted by Gasteiger charge is 2.30. The van der Waals surface area contributed by atoms with Gasteiger partial charge >= 0.3 is 7.60 Å². The molecule has 0 radical (unpaired) electrons. The Hall–Kier alpha value is -1.47. The smallest absolute Gasteiger partial charge is 0.391 e. The third kappa shape index (κ3) is 3.95. The molecule has 0 bridgehead atoms. The first-order valence-corrected chi connectivity index (χ1v) is 10.3. The summed E-state index contributed by atoms with van der Waals surface area (Å²) in [6.45, 7) is 4.00. The van der Waals surface area contributed by atoms with Crippen molar-refractivity contribution in [2.75, 3.05) is 5.73 Å². The van der Waals surface area contributed by atoms with Crippen LogP contribution >= 0.6 is 18.9 Å². The molecule has 24 heavy (non-hydrogen) atoms. The maximum absolute atomic E-state index is 12.6. The van der Waals surface area contributed by atoms with Crippen LogP contribution in [0.4, 0.5) is 5.13 Å². The molecule has 9 heteroatoms. The lowest BCUT2D eigenvalue weighted by Gasteiger charge is -2.06. The number of carbonyl (C=O) groups is 1. The first-order valence-electron chi connectivity index (χ1n) is 7.83. The van der Waals surface area contributed by atoms with Crippen LogP contribution in [0.3, 0.4) is 0 Å². The number of nitrogens with zero attached hydrogens (tertiary/aromatic N) is 1. The Morgan fingerprint density at radius 3 is 2.50 bits per heavy atom. The Kier molecular flexibility index (Phi) is 5.98. The van der Waals surface area contributed by atoms with Crippen molar-refractivity contribution in [3.63, 3.8) is 0 Å². The second kappa shape index (κ2) is 7.61. The average Bonchev–Trinajstić information content (AvgIpc) is 3.27. The lowest BCUT2D eigenvalue weighted by atomic mass is 10.0. The van der Waals surface area contributed by atoms with Crippen molar-refractivity contribution in [3.8, 4) is 11.5 Å². The van der Waals surface area contributed by atoms with Crippen LogP contribution in [0.15, 0.2) is 16.5 Å². The van der Waals surface area contributed by atoms with Gasteiger partial charge in [-0.05, 0) is 25.0 Å². The number of nitrogen functional groups attached to an aromatic ring is 1. The molecular weight excluding hydrogens is 351 g/mol. The second-order valence-electron chi connectivity index (χ2n) is 5.26. The zero-order valence-electron chi connectivity index (χ0n) is 13.6. The minimum absolute atomic E-state index is 0.0178. The number of ketones is 1. The van der Waals surface area contributed by atoms with E-state index in [1.165, 1.54) is 12.1 Å². The highest BCUT2D eigenvalue weighted by molar-refractivity contribution is 7.59. The number of furan rings is 1. The van der Waals surface area contributed by atoms with Crippen LogP contribution in [0, 0.1) is 5.92 Å². The minimum Gasteiger partial charge on any atom is -0.446 e. The van der Waals surface area contributed by atoms with Gasteiger partial charge in [0.15, 0.2) is 16.7 Å². The number of hydrogen-bond acceptors (Lipinski definition) is 6. The van der Waals surface area contributed by atoms with E-state index in [9.17, 15) is 9.36 Å². The minimum atomic E-state index is -4.48. The van der Waals surface area contributed by atoms with Crippen molar-refractivity contribution in [3.05, 3.63) is 17.0 Å². The monoisotopic (exact) mass is 372 g/mol. The summed E-state index contributed by atoms with van der Waals surface area (Å²) in [4.78, 5) is 35.3. The van der Waals surface area contributed by atoms with E-state index >= 15 is 0 Å². The van der Waals surface area contributed by atoms with E-state index in [-0.39, 0.29) is 28.3 Å². The molecular formula is C15H21N2O5PS. The fourth-order valence-electron chi connectivity index (χ4n) is 2.66. The predicted molar refractivity (Wildman–Crippen MR) is 93.5 cm³/mol. The third-order valence-corrected chi connectivity index (χ3v) is 5.42. The summed E-state index contributed by atoms with van der Waals surface area (Å²) in [7, 11) is -4.48. The van der Waals surface area contributed by atoms with Gasteiger partial charge in [-0.15, -0.1) is 0 Å². The van der Waals surface area contributed by atoms with E-state index in [4.69, 9.17) is 19.9 Å². The molecule has 0 aromatic carbocycles. The number of Topliss-reactive ketones (excluding diaryl/α,β-unsaturated/α-hetero) is 1. The molecule has 2 heterocycles. The van der Waals surface area contributed by atoms with E-state index in [0.29, 0.717) is 4.88 Å². The molecule has 4 N–H and O–H groups in total. The molecule has 0 amide bonds. The number of anilines is 1. The summed E-state index contributed by atoms with van der Waals surface area (Å²) in [6.07, 6.45) is 3.76. The zero-order valence-corrected chi connectivity index (χ0v) is 15.3. The molecule has 1 fully saturated rings. The standard InChI is InChI=1S/C13H15N2O5PS.C2H6/c14-13-15-10(8-5-6-9(20-8)21(17,18)19)12(22-13)11(16)7-3-1-2-4-7;1-2/h5-7H,1-4H2,(H2,14,15)(H2,17,18,19);1-2H3. The summed E-state index contributed by atoms with van der Waals surface area (Å²) >= 11 is 1.08. The van der Waals surface area contributed by atoms with Gasteiger partial charge in [0, 0.05) is 5.92 Å². The summed E-state index contributed by atoms with van der Waals surface area (Å²) in [5, 5.41) is 0.227. The quantitative estimate of drug-likeness (QED) is 0.555. The Morgan fingerprint density at radius 2 is 1.96 bits per heavy atom. The molecule has 7 nitrogen and oxygen atoms in total. The number of hydrogen-bond donors (Lipinski definition) is 3. The second-order valence-corrected chi connectivity index (χ2v) is 7.82. The number of aromatic nitrogens is 1. The number of rotatable bonds is 4. The van der Waals surface area contributed by atoms with Crippen molar-refractivity contribution in [1.82, 2.24) is 4.98 Å². The van der Waals surface area contributed by atoms with E-state index in [2.05, 4.69) is 4.98 Å². The lowest BCUT2D eigenvalue weighted by molar-refractivity contribution is 0.0927. The van der Waals surface area contributed by atoms with Gasteiger partial charge in [-0.1, -0.05) is 38.0 Å². The van der Waals surface area contributed by atoms with Gasteiger partial charge in [0.05, 0.1) is 0 Å². The van der Waals surface area contributed by atoms with E-state index < -0.39 is 13.1 Å². The predicted octanol–water partition coefficient (Wildman–Crippen LogP) is 3.19. The Bertz CT molecular complexity index is 758. The fourth-order valence-corrected chi connectivity index (χ4v) is 4.00. The fraction of sp³-hybridized carbons (Fsp3) is 0.467. The van der Waals surface area contributed by atoms with E-state index in [0.717, 1.165) is 37.0 Å². The Balaban J connectivity index is 0.00000100. The van der Waals surface area contributed by atoms with Crippen molar-refractivity contribution >= 4 is 35.3 Å². The van der Waals surface area contributed by atoms with Crippen LogP contribution < -0.4 is 11.2 Å². The number of nitrogens with two attached hydrogens (primary N) is 1. The van der Waals surface area contributed by atoms with Gasteiger partial charge in [0.25, 0.3) is 0 Å². The molecule has 0 unspecified atom stereocenters. The zero-order chi connectivity index (χ0) is 17.9. The first-order chi connectivity index (χ1) is 11.4. The van der Waals surface area contributed by atoms with Crippen LogP contribution in [0.5, 0.6) is 0 Å². The largest absolute Gasteiger partial charge is 0.446 e. The van der Waals surface area contributed by atoms with Crippen molar-refractivity contribution in [2.45, 2.75) is 39.5 Å². The maximum atomic E-state index is 12.6. The molecule has 1 aliphatic carbocycles. The molecule has 0 atom stereocenters. The van der Waals surface area contributed by atoms with Gasteiger partial charge < -0.3 is 19.9 Å². The summed E-state index contributed by atoms with van der Waals surface area (Å²) in [6, 6.07) is 2.59. The van der Waals surface area contributed by atoms with Crippen molar-refractivity contribution in [2.24, 2.45) is 5.92 Å². The molecule has 1 saturated carbocycles. The molecule has 0 saturated heterocycles. The third-order valence-electron chi connectivity index (χ3n) is 3.71. The van der Waals surface area contributed by atoms with Crippen LogP contribution in [-0.4, -0.2) is 20.6 Å². The topological polar surface area (TPSA) is 127 Å². The van der Waals surface area contributed by atoms with Gasteiger partial charge in [-0.25, -0.2) is 4.98 Å². The van der Waals surface area contributed by atoms with Crippen molar-refractivity contribution < 1.29 is 23.6 Å². The maximum Gasteiger partial charge on any atom is 0.391 e. The van der Waals surface area contributed by atoms with Gasteiger partial charge in [-0.2, -0.15) is 0 Å². The highest BCUT2D eigenvalue weighted by atomic mass is 32.1. The van der Waals surface area contributed by atoms with Crippen LogP contribution in [0.2, 0.25) is 0 Å². The molecule has 132 valence electrons. The van der Waals surface area contributed by atoms with Crippen LogP contribution in [0.25, 0.3) is 11.5 Å². The normalized spacial score (nSPS) is 15.2. The van der Waals surface area contributed by atoms with Gasteiger partial charge in [0.2, 0.25) is 5.50 Å². The van der Waals surface area contributed by atoms with Crippen molar-refractivity contribution in [1.29, 1.82) is 0 Å². The SMILES string of the molecule is CC.Nc1nc(-c2ccc(P(=O)(O)O)o2)c(C(=O)C2CCCC2)s1. The van der Waals surface area contributed by atoms with E-state index in [1.807, 2.05) is 13.8 Å². The molecule has 2 aromatic rings. The summed E-state index contributed by atoms with van der Waals surface area (Å²) < 4.78 is 16.4. The van der Waals surface area contributed by atoms with Gasteiger partial charge in [-0.3, -0.25) is 9.36 Å². The summed E-state index contributed by atoms with van der Waals surface area (Å²) in [5.74, 6) is 0.0956. The van der Waals surface area contributed by atoms with Gasteiger partial charge in [0.1, 0.15) is 10.6 Å². The molecule has 3 rings (SSSR count). The van der Waals surface area contributed by atoms with Crippen LogP contribution in [-0.2, 0) is 4.57 Å². The molecule has 0 spiro atoms. The van der Waals surface area contributed by atoms with Crippen LogP contribution in [0.1, 0.15) is 49.2 Å².